The molecule has 0 saturated carbocycles. The summed E-state index contributed by atoms with van der Waals surface area (Å²) in [6, 6.07) is 0. The number of aliphatic hydroxyl groups excluding tert-OH is 4. The van der Waals surface area contributed by atoms with E-state index in [1.54, 1.807) is 0 Å². The number of rotatable bonds is 8. The van der Waals surface area contributed by atoms with Crippen molar-refractivity contribution in [2.45, 2.75) is 89.1 Å². The van der Waals surface area contributed by atoms with Crippen LogP contribution in [0.25, 0.3) is 0 Å². The van der Waals surface area contributed by atoms with E-state index in [1.807, 2.05) is 0 Å². The molecule has 2 fully saturated rings. The summed E-state index contributed by atoms with van der Waals surface area (Å²) in [5, 5.41) is 39.3. The third-order valence-corrected chi connectivity index (χ3v) is 5.06. The van der Waals surface area contributed by atoms with Crippen LogP contribution in [0.2, 0.25) is 0 Å². The highest BCUT2D eigenvalue weighted by molar-refractivity contribution is 5.68. The molecule has 2 saturated heterocycles. The van der Waals surface area contributed by atoms with Gasteiger partial charge in [-0.1, -0.05) is 0 Å². The SMILES string of the molecule is CC(=O)OC[C@H]1O[C@@H](OC[C@H]2O[C@H](O)[C@H](O)[C@@H](O)[C@@H]2O)[C@H](OC(C)=O)[C@@H](OC(C)=O)[C@@H]1OC(C)=O. The first-order valence-electron chi connectivity index (χ1n) is 10.6. The Morgan fingerprint density at radius 2 is 1.17 bits per heavy atom. The first kappa shape index (κ1) is 28.8. The molecule has 0 aromatic carbocycles. The Kier molecular flexibility index (Phi) is 10.3. The van der Waals surface area contributed by atoms with Crippen molar-refractivity contribution in [1.82, 2.24) is 0 Å². The minimum atomic E-state index is -1.84. The zero-order valence-corrected chi connectivity index (χ0v) is 19.5. The fourth-order valence-electron chi connectivity index (χ4n) is 3.58. The van der Waals surface area contributed by atoms with Crippen LogP contribution in [0.5, 0.6) is 0 Å². The number of esters is 4. The lowest BCUT2D eigenvalue weighted by molar-refractivity contribution is -0.328. The average molecular weight is 510 g/mol. The Labute approximate surface area is 199 Å². The van der Waals surface area contributed by atoms with E-state index in [2.05, 4.69) is 0 Å². The predicted octanol–water partition coefficient (Wildman–Crippen LogP) is -3.11. The summed E-state index contributed by atoms with van der Waals surface area (Å²) >= 11 is 0. The first-order chi connectivity index (χ1) is 16.3. The molecule has 0 unspecified atom stereocenters. The molecule has 15 heteroatoms. The molecule has 2 heterocycles. The maximum absolute atomic E-state index is 11.8. The Morgan fingerprint density at radius 3 is 1.71 bits per heavy atom. The van der Waals surface area contributed by atoms with Crippen LogP contribution in [-0.4, -0.2) is 119 Å². The van der Waals surface area contributed by atoms with Gasteiger partial charge in [0, 0.05) is 27.7 Å². The van der Waals surface area contributed by atoms with Crippen LogP contribution in [0.1, 0.15) is 27.7 Å². The van der Waals surface area contributed by atoms with E-state index in [0.717, 1.165) is 27.7 Å². The normalized spacial score (nSPS) is 37.1. The summed E-state index contributed by atoms with van der Waals surface area (Å²) < 4.78 is 37.0. The molecular weight excluding hydrogens is 480 g/mol. The molecule has 0 aliphatic carbocycles. The van der Waals surface area contributed by atoms with Gasteiger partial charge in [0.05, 0.1) is 6.61 Å². The Balaban J connectivity index is 2.32. The molecule has 2 rings (SSSR count). The minimum absolute atomic E-state index is 0.468. The zero-order valence-electron chi connectivity index (χ0n) is 19.5. The maximum Gasteiger partial charge on any atom is 0.303 e. The second kappa shape index (κ2) is 12.5. The van der Waals surface area contributed by atoms with Crippen molar-refractivity contribution >= 4 is 23.9 Å². The van der Waals surface area contributed by atoms with Gasteiger partial charge < -0.3 is 53.6 Å². The molecule has 0 aromatic heterocycles. The van der Waals surface area contributed by atoms with Gasteiger partial charge in [-0.05, 0) is 0 Å². The molecule has 0 spiro atoms. The molecule has 2 aliphatic rings. The summed E-state index contributed by atoms with van der Waals surface area (Å²) in [6.45, 7) is 3.26. The van der Waals surface area contributed by atoms with Gasteiger partial charge in [0.25, 0.3) is 0 Å². The molecule has 4 N–H and O–H groups in total. The van der Waals surface area contributed by atoms with Crippen LogP contribution in [0.3, 0.4) is 0 Å². The Bertz CT molecular complexity index is 772. The summed E-state index contributed by atoms with van der Waals surface area (Å²) in [6.07, 6.45) is -15.6. The van der Waals surface area contributed by atoms with Gasteiger partial charge >= 0.3 is 23.9 Å². The number of hydrogen-bond donors (Lipinski definition) is 4. The molecule has 35 heavy (non-hydrogen) atoms. The van der Waals surface area contributed by atoms with Gasteiger partial charge in [-0.3, -0.25) is 19.2 Å². The van der Waals surface area contributed by atoms with Gasteiger partial charge in [0.15, 0.2) is 30.9 Å². The summed E-state index contributed by atoms with van der Waals surface area (Å²) in [7, 11) is 0. The average Bonchev–Trinajstić information content (AvgIpc) is 2.75. The van der Waals surface area contributed by atoms with Crippen LogP contribution in [0.4, 0.5) is 0 Å². The van der Waals surface area contributed by atoms with E-state index in [4.69, 9.17) is 33.2 Å². The zero-order chi connectivity index (χ0) is 26.4. The molecule has 15 nitrogen and oxygen atoms in total. The highest BCUT2D eigenvalue weighted by Gasteiger charge is 2.53. The van der Waals surface area contributed by atoms with Gasteiger partial charge in [-0.25, -0.2) is 0 Å². The largest absolute Gasteiger partial charge is 0.463 e. The van der Waals surface area contributed by atoms with Crippen molar-refractivity contribution in [1.29, 1.82) is 0 Å². The van der Waals surface area contributed by atoms with Crippen molar-refractivity contribution in [2.75, 3.05) is 13.2 Å². The highest BCUT2D eigenvalue weighted by Crippen LogP contribution is 2.31. The lowest BCUT2D eigenvalue weighted by Gasteiger charge is -2.45. The molecule has 200 valence electrons. The van der Waals surface area contributed by atoms with E-state index in [0.29, 0.717) is 0 Å². The summed E-state index contributed by atoms with van der Waals surface area (Å²) in [5.41, 5.74) is 0. The quantitative estimate of drug-likeness (QED) is 0.188. The fourth-order valence-corrected chi connectivity index (χ4v) is 3.58. The summed E-state index contributed by atoms with van der Waals surface area (Å²) in [4.78, 5) is 46.6. The second-order valence-corrected chi connectivity index (χ2v) is 7.94. The molecular formula is C20H30O15. The van der Waals surface area contributed by atoms with Gasteiger partial charge in [0.2, 0.25) is 0 Å². The van der Waals surface area contributed by atoms with Crippen molar-refractivity contribution in [3.63, 3.8) is 0 Å². The lowest BCUT2D eigenvalue weighted by Crippen LogP contribution is -2.64. The van der Waals surface area contributed by atoms with Crippen LogP contribution >= 0.6 is 0 Å². The Hall–Kier alpha value is -2.40. The fraction of sp³-hybridized carbons (Fsp3) is 0.800. The van der Waals surface area contributed by atoms with Gasteiger partial charge in [-0.15, -0.1) is 0 Å². The van der Waals surface area contributed by atoms with Crippen LogP contribution in [0.15, 0.2) is 0 Å². The van der Waals surface area contributed by atoms with Crippen molar-refractivity contribution < 1.29 is 72.8 Å². The van der Waals surface area contributed by atoms with E-state index in [-0.39, 0.29) is 0 Å². The highest BCUT2D eigenvalue weighted by atomic mass is 16.7. The summed E-state index contributed by atoms with van der Waals surface area (Å²) in [5.74, 6) is -3.17. The molecule has 2 aliphatic heterocycles. The number of aliphatic hydroxyl groups is 4. The topological polar surface area (TPSA) is 214 Å². The van der Waals surface area contributed by atoms with Crippen LogP contribution < -0.4 is 0 Å². The van der Waals surface area contributed by atoms with E-state index < -0.39 is 98.5 Å². The molecule has 0 radical (unpaired) electrons. The third-order valence-electron chi connectivity index (χ3n) is 5.06. The van der Waals surface area contributed by atoms with Crippen molar-refractivity contribution in [3.05, 3.63) is 0 Å². The predicted molar refractivity (Wildman–Crippen MR) is 107 cm³/mol. The standard InChI is InChI=1S/C20H30O15/c1-7(21)29-6-12-16(31-8(2)22)17(32-9(3)23)18(33-10(4)24)20(35-12)30-5-11-13(25)14(26)15(27)19(28)34-11/h11-20,25-28H,5-6H2,1-4H3/t11-,12-,13-,14+,15-,16-,17+,18-,19+,20-/m1/s1. The monoisotopic (exact) mass is 510 g/mol. The van der Waals surface area contributed by atoms with Crippen molar-refractivity contribution in [2.24, 2.45) is 0 Å². The lowest BCUT2D eigenvalue weighted by atomic mass is 9.97. The molecule has 0 amide bonds. The molecule has 10 atom stereocenters. The van der Waals surface area contributed by atoms with E-state index in [1.165, 1.54) is 0 Å². The van der Waals surface area contributed by atoms with E-state index >= 15 is 0 Å². The van der Waals surface area contributed by atoms with E-state index in [9.17, 15) is 39.6 Å². The number of ether oxygens (including phenoxy) is 7. The number of carbonyl (C=O) groups is 4. The van der Waals surface area contributed by atoms with Crippen molar-refractivity contribution in [3.8, 4) is 0 Å². The van der Waals surface area contributed by atoms with Crippen LogP contribution in [-0.2, 0) is 52.3 Å². The first-order valence-corrected chi connectivity index (χ1v) is 10.6. The molecule has 0 bridgehead atoms. The number of hydrogen-bond acceptors (Lipinski definition) is 15. The van der Waals surface area contributed by atoms with Gasteiger partial charge in [0.1, 0.15) is 37.1 Å². The second-order valence-electron chi connectivity index (χ2n) is 7.94. The maximum atomic E-state index is 11.8. The number of carbonyl (C=O) groups excluding carboxylic acids is 4. The Morgan fingerprint density at radius 1 is 0.629 bits per heavy atom. The van der Waals surface area contributed by atoms with Crippen LogP contribution in [0, 0.1) is 0 Å². The van der Waals surface area contributed by atoms with Gasteiger partial charge in [-0.2, -0.15) is 0 Å². The minimum Gasteiger partial charge on any atom is -0.463 e. The smallest absolute Gasteiger partial charge is 0.303 e. The third kappa shape index (κ3) is 7.79. The molecule has 0 aromatic rings.